The predicted molar refractivity (Wildman–Crippen MR) is 79.1 cm³/mol. The largest absolute Gasteiger partial charge is 0.480 e. The molecular weight excluding hydrogens is 318 g/mol. The monoisotopic (exact) mass is 339 g/mol. The van der Waals surface area contributed by atoms with Crippen LogP contribution < -0.4 is 11.1 Å². The fraction of sp³-hybridized carbons (Fsp3) is 0.750. The van der Waals surface area contributed by atoms with E-state index < -0.39 is 36.0 Å². The topological polar surface area (TPSA) is 153 Å². The molecule has 0 spiro atoms. The van der Waals surface area contributed by atoms with Crippen molar-refractivity contribution in [1.82, 2.24) is 10.2 Å². The average molecular weight is 340 g/mol. The molecule has 3 unspecified atom stereocenters. The second-order valence-corrected chi connectivity index (χ2v) is 5.05. The van der Waals surface area contributed by atoms with Crippen molar-refractivity contribution in [1.29, 1.82) is 0 Å². The molecule has 1 aliphatic rings. The third-order valence-corrected chi connectivity index (χ3v) is 3.58. The fourth-order valence-electron chi connectivity index (χ4n) is 2.13. The van der Waals surface area contributed by atoms with Gasteiger partial charge in [0.1, 0.15) is 18.1 Å². The number of carboxylic acid groups (broad SMARTS) is 3. The van der Waals surface area contributed by atoms with Crippen LogP contribution in [0.5, 0.6) is 0 Å². The number of carboxylic acids is 3. The quantitative estimate of drug-likeness (QED) is 0.330. The third-order valence-electron chi connectivity index (χ3n) is 3.58. The summed E-state index contributed by atoms with van der Waals surface area (Å²) in [6, 6.07) is -2.40. The van der Waals surface area contributed by atoms with Gasteiger partial charge in [0.15, 0.2) is 0 Å². The highest BCUT2D eigenvalue weighted by molar-refractivity contribution is 5.85. The maximum Gasteiger partial charge on any atom is 0.320 e. The number of nitrogens with one attached hydrogen (secondary N) is 1. The second-order valence-electron chi connectivity index (χ2n) is 5.05. The predicted octanol–water partition coefficient (Wildman–Crippen LogP) is -1.20. The molecule has 3 atom stereocenters. The molecule has 0 aliphatic carbocycles. The molecule has 0 saturated carbocycles. The molecular formula is C12H22ClN3O6. The summed E-state index contributed by atoms with van der Waals surface area (Å²) in [5.74, 6) is -3.08. The van der Waals surface area contributed by atoms with E-state index in [-0.39, 0.29) is 31.8 Å². The van der Waals surface area contributed by atoms with Gasteiger partial charge in [0, 0.05) is 13.1 Å². The molecule has 10 heteroatoms. The Morgan fingerprint density at radius 1 is 1.18 bits per heavy atom. The van der Waals surface area contributed by atoms with Gasteiger partial charge in [-0.2, -0.15) is 0 Å². The molecule has 1 saturated heterocycles. The summed E-state index contributed by atoms with van der Waals surface area (Å²) in [4.78, 5) is 34.2. The molecule has 128 valence electrons. The Bertz CT molecular complexity index is 408. The number of carbonyl (C=O) groups is 3. The summed E-state index contributed by atoms with van der Waals surface area (Å²) in [7, 11) is 0. The van der Waals surface area contributed by atoms with Crippen molar-refractivity contribution in [2.24, 2.45) is 5.73 Å². The molecule has 0 aromatic heterocycles. The number of aliphatic carboxylic acids is 3. The Hall–Kier alpha value is -1.42. The Kier molecular flexibility index (Phi) is 8.95. The molecule has 22 heavy (non-hydrogen) atoms. The molecule has 6 N–H and O–H groups in total. The summed E-state index contributed by atoms with van der Waals surface area (Å²) >= 11 is 0. The summed E-state index contributed by atoms with van der Waals surface area (Å²) < 4.78 is 0. The number of nitrogens with zero attached hydrogens (tertiary/aromatic N) is 1. The first-order chi connectivity index (χ1) is 9.82. The summed E-state index contributed by atoms with van der Waals surface area (Å²) in [6.07, 6.45) is 0.954. The van der Waals surface area contributed by atoms with Gasteiger partial charge < -0.3 is 26.4 Å². The van der Waals surface area contributed by atoms with Crippen molar-refractivity contribution in [3.8, 4) is 0 Å². The molecule has 0 aromatic carbocycles. The van der Waals surface area contributed by atoms with Crippen LogP contribution in [-0.2, 0) is 14.4 Å². The normalized spacial score (nSPS) is 20.3. The van der Waals surface area contributed by atoms with Gasteiger partial charge in [-0.15, -0.1) is 12.4 Å². The fourth-order valence-corrected chi connectivity index (χ4v) is 2.13. The van der Waals surface area contributed by atoms with E-state index in [0.29, 0.717) is 19.5 Å². The average Bonchev–Trinajstić information content (AvgIpc) is 2.34. The molecule has 0 bridgehead atoms. The maximum absolute atomic E-state index is 11.1. The number of likely N-dealkylation sites (tertiary alicyclic amines) is 1. The van der Waals surface area contributed by atoms with Crippen LogP contribution in [0.25, 0.3) is 0 Å². The molecule has 0 aromatic rings. The van der Waals surface area contributed by atoms with Gasteiger partial charge >= 0.3 is 17.9 Å². The van der Waals surface area contributed by atoms with E-state index in [0.717, 1.165) is 0 Å². The van der Waals surface area contributed by atoms with Gasteiger partial charge in [-0.25, -0.2) is 0 Å². The van der Waals surface area contributed by atoms with Crippen LogP contribution in [0, 0.1) is 0 Å². The van der Waals surface area contributed by atoms with E-state index in [9.17, 15) is 14.4 Å². The Morgan fingerprint density at radius 2 is 1.82 bits per heavy atom. The summed E-state index contributed by atoms with van der Waals surface area (Å²) in [5.41, 5.74) is 5.32. The maximum atomic E-state index is 11.1. The van der Waals surface area contributed by atoms with Crippen molar-refractivity contribution < 1.29 is 29.7 Å². The van der Waals surface area contributed by atoms with Gasteiger partial charge in [0.2, 0.25) is 0 Å². The summed E-state index contributed by atoms with van der Waals surface area (Å²) in [5, 5.41) is 29.3. The highest BCUT2D eigenvalue weighted by Crippen LogP contribution is 2.17. The zero-order chi connectivity index (χ0) is 16.0. The lowest BCUT2D eigenvalue weighted by molar-refractivity contribution is -0.148. The van der Waals surface area contributed by atoms with Crippen LogP contribution in [-0.4, -0.2) is 75.9 Å². The van der Waals surface area contributed by atoms with Gasteiger partial charge in [0.25, 0.3) is 0 Å². The molecule has 0 radical (unpaired) electrons. The van der Waals surface area contributed by atoms with Crippen molar-refractivity contribution in [2.75, 3.05) is 19.6 Å². The van der Waals surface area contributed by atoms with E-state index in [1.165, 1.54) is 0 Å². The lowest BCUT2D eigenvalue weighted by Gasteiger charge is -2.38. The van der Waals surface area contributed by atoms with Crippen LogP contribution in [0.4, 0.5) is 0 Å². The zero-order valence-corrected chi connectivity index (χ0v) is 12.8. The number of nitrogens with two attached hydrogens (primary N) is 1. The SMILES string of the molecule is Cl.NC(CCNC(CCN1CCC1C(=O)O)C(=O)O)C(=O)O. The van der Waals surface area contributed by atoms with E-state index in [4.69, 9.17) is 21.1 Å². The molecule has 9 nitrogen and oxygen atoms in total. The highest BCUT2D eigenvalue weighted by Gasteiger charge is 2.34. The highest BCUT2D eigenvalue weighted by atomic mass is 35.5. The van der Waals surface area contributed by atoms with Crippen molar-refractivity contribution in [2.45, 2.75) is 37.4 Å². The number of hydrogen-bond acceptors (Lipinski definition) is 6. The van der Waals surface area contributed by atoms with Gasteiger partial charge in [0.05, 0.1) is 0 Å². The number of halogens is 1. The third kappa shape index (κ3) is 6.14. The van der Waals surface area contributed by atoms with E-state index in [1.54, 1.807) is 4.90 Å². The minimum Gasteiger partial charge on any atom is -0.480 e. The lowest BCUT2D eigenvalue weighted by atomic mass is 10.0. The molecule has 1 heterocycles. The van der Waals surface area contributed by atoms with Crippen LogP contribution in [0.1, 0.15) is 19.3 Å². The van der Waals surface area contributed by atoms with Crippen molar-refractivity contribution in [3.63, 3.8) is 0 Å². The van der Waals surface area contributed by atoms with Crippen LogP contribution in [0.2, 0.25) is 0 Å². The zero-order valence-electron chi connectivity index (χ0n) is 12.0. The smallest absolute Gasteiger partial charge is 0.320 e. The van der Waals surface area contributed by atoms with Crippen LogP contribution >= 0.6 is 12.4 Å². The Labute approximate surface area is 133 Å². The molecule has 1 aliphatic heterocycles. The van der Waals surface area contributed by atoms with Gasteiger partial charge in [-0.3, -0.25) is 19.3 Å². The first-order valence-electron chi connectivity index (χ1n) is 6.74. The first kappa shape index (κ1) is 20.6. The van der Waals surface area contributed by atoms with Crippen molar-refractivity contribution in [3.05, 3.63) is 0 Å². The lowest BCUT2D eigenvalue weighted by Crippen LogP contribution is -2.54. The second kappa shape index (κ2) is 9.57. The minimum absolute atomic E-state index is 0. The summed E-state index contributed by atoms with van der Waals surface area (Å²) in [6.45, 7) is 1.19. The Morgan fingerprint density at radius 3 is 2.23 bits per heavy atom. The van der Waals surface area contributed by atoms with E-state index in [2.05, 4.69) is 5.32 Å². The first-order valence-corrected chi connectivity index (χ1v) is 6.74. The van der Waals surface area contributed by atoms with E-state index in [1.807, 2.05) is 0 Å². The minimum atomic E-state index is -1.13. The van der Waals surface area contributed by atoms with E-state index >= 15 is 0 Å². The van der Waals surface area contributed by atoms with Crippen LogP contribution in [0.3, 0.4) is 0 Å². The number of hydrogen-bond donors (Lipinski definition) is 5. The molecule has 0 amide bonds. The number of rotatable bonds is 10. The van der Waals surface area contributed by atoms with Crippen LogP contribution in [0.15, 0.2) is 0 Å². The molecule has 1 fully saturated rings. The van der Waals surface area contributed by atoms with Gasteiger partial charge in [-0.05, 0) is 25.8 Å². The standard InChI is InChI=1S/C12H21N3O6.ClH/c13-7(10(16)17)1-4-14-8(11(18)19)2-5-15-6-3-9(15)12(20)21;/h7-9,14H,1-6,13H2,(H,16,17)(H,18,19)(H,20,21);1H. The van der Waals surface area contributed by atoms with Gasteiger partial charge in [-0.1, -0.05) is 0 Å². The van der Waals surface area contributed by atoms with Crippen molar-refractivity contribution >= 4 is 30.3 Å². The molecule has 1 rings (SSSR count). The Balaban J connectivity index is 0.00000441.